The summed E-state index contributed by atoms with van der Waals surface area (Å²) in [5.74, 6) is 1.48. The van der Waals surface area contributed by atoms with E-state index >= 15 is 0 Å². The number of nitrogens with zero attached hydrogens (tertiary/aromatic N) is 4. The first kappa shape index (κ1) is 23.1. The molecule has 2 heterocycles. The van der Waals surface area contributed by atoms with Crippen LogP contribution in [-0.4, -0.2) is 43.4 Å². The third-order valence-electron chi connectivity index (χ3n) is 5.96. The van der Waals surface area contributed by atoms with Gasteiger partial charge in [-0.2, -0.15) is 5.26 Å². The third kappa shape index (κ3) is 5.18. The van der Waals surface area contributed by atoms with Crippen molar-refractivity contribution in [2.75, 3.05) is 31.6 Å². The summed E-state index contributed by atoms with van der Waals surface area (Å²) in [6.45, 7) is 3.16. The molecule has 1 N–H and O–H groups in total. The molecule has 0 radical (unpaired) electrons. The number of carbonyl (C=O) groups is 1. The molecule has 0 spiro atoms. The smallest absolute Gasteiger partial charge is 0.222 e. The zero-order chi connectivity index (χ0) is 20.9. The van der Waals surface area contributed by atoms with Gasteiger partial charge < -0.3 is 15.1 Å². The van der Waals surface area contributed by atoms with Gasteiger partial charge in [0.1, 0.15) is 0 Å². The van der Waals surface area contributed by atoms with Gasteiger partial charge in [0.2, 0.25) is 5.91 Å². The predicted molar refractivity (Wildman–Crippen MR) is 134 cm³/mol. The predicted octanol–water partition coefficient (Wildman–Crippen LogP) is 3.87. The molecule has 2 aromatic rings. The van der Waals surface area contributed by atoms with Crippen LogP contribution in [0.5, 0.6) is 0 Å². The van der Waals surface area contributed by atoms with Crippen molar-refractivity contribution < 1.29 is 4.79 Å². The highest BCUT2D eigenvalue weighted by Gasteiger charge is 2.32. The number of halogens is 1. The summed E-state index contributed by atoms with van der Waals surface area (Å²) in [6.07, 6.45) is 2.63. The first-order chi connectivity index (χ1) is 14.7. The zero-order valence-corrected chi connectivity index (χ0v) is 20.1. The fraction of sp³-hybridized carbons (Fsp3) is 0.375. The van der Waals surface area contributed by atoms with Crippen molar-refractivity contribution in [3.8, 4) is 6.07 Å². The maximum atomic E-state index is 12.0. The Morgan fingerprint density at radius 3 is 2.84 bits per heavy atom. The lowest BCUT2D eigenvalue weighted by molar-refractivity contribution is -0.127. The summed E-state index contributed by atoms with van der Waals surface area (Å²) in [5.41, 5.74) is 4.20. The fourth-order valence-corrected chi connectivity index (χ4v) is 4.42. The Bertz CT molecular complexity index is 999. The highest BCUT2D eigenvalue weighted by molar-refractivity contribution is 14.0. The van der Waals surface area contributed by atoms with Gasteiger partial charge in [-0.3, -0.25) is 9.79 Å². The summed E-state index contributed by atoms with van der Waals surface area (Å²) in [6, 6.07) is 18.3. The second-order valence-corrected chi connectivity index (χ2v) is 7.85. The van der Waals surface area contributed by atoms with Crippen LogP contribution >= 0.6 is 24.0 Å². The number of likely N-dealkylation sites (tertiary alicyclic amines) is 1. The Hall–Kier alpha value is -2.60. The number of guanidine groups is 1. The number of anilines is 1. The lowest BCUT2D eigenvalue weighted by atomic mass is 9.98. The topological polar surface area (TPSA) is 71.7 Å². The summed E-state index contributed by atoms with van der Waals surface area (Å²) >= 11 is 0. The largest absolute Gasteiger partial charge is 0.352 e. The molecule has 0 saturated carbocycles. The van der Waals surface area contributed by atoms with Crippen molar-refractivity contribution in [2.45, 2.75) is 31.7 Å². The van der Waals surface area contributed by atoms with E-state index < -0.39 is 0 Å². The Labute approximate surface area is 201 Å². The highest BCUT2D eigenvalue weighted by Crippen LogP contribution is 2.38. The summed E-state index contributed by atoms with van der Waals surface area (Å²) in [7, 11) is 1.80. The van der Waals surface area contributed by atoms with Gasteiger partial charge in [-0.25, -0.2) is 0 Å². The maximum absolute atomic E-state index is 12.0. The molecule has 1 amide bonds. The average molecular weight is 529 g/mol. The average Bonchev–Trinajstić information content (AvgIpc) is 3.36. The zero-order valence-electron chi connectivity index (χ0n) is 17.8. The van der Waals surface area contributed by atoms with Gasteiger partial charge in [0.25, 0.3) is 0 Å². The number of hydrogen-bond donors (Lipinski definition) is 1. The molecule has 1 atom stereocenters. The van der Waals surface area contributed by atoms with E-state index in [-0.39, 0.29) is 29.9 Å². The molecule has 6 nitrogen and oxygen atoms in total. The van der Waals surface area contributed by atoms with Crippen molar-refractivity contribution in [2.24, 2.45) is 4.99 Å². The van der Waals surface area contributed by atoms with Crippen LogP contribution in [0.2, 0.25) is 0 Å². The van der Waals surface area contributed by atoms with Crippen LogP contribution in [0.4, 0.5) is 5.69 Å². The van der Waals surface area contributed by atoms with Gasteiger partial charge >= 0.3 is 0 Å². The standard InChI is InChI=1S/C24H27N5O.HI/c1-26-24(27-16-19-7-4-6-18(14-19)15-25)29-17-20(21-8-2-3-9-22(21)29)11-13-28-12-5-10-23(28)30;/h2-4,6-9,14,20H,5,10-13,16-17H2,1H3,(H,26,27);1H. The van der Waals surface area contributed by atoms with E-state index in [0.717, 1.165) is 44.0 Å². The molecular formula is C24H28IN5O. The molecule has 2 aliphatic heterocycles. The minimum atomic E-state index is 0. The van der Waals surface area contributed by atoms with Crippen LogP contribution in [0.15, 0.2) is 53.5 Å². The first-order valence-corrected chi connectivity index (χ1v) is 10.5. The molecule has 0 aromatic heterocycles. The van der Waals surface area contributed by atoms with E-state index in [2.05, 4.69) is 45.5 Å². The summed E-state index contributed by atoms with van der Waals surface area (Å²) in [5, 5.41) is 12.6. The molecule has 0 aliphatic carbocycles. The van der Waals surface area contributed by atoms with Crippen molar-refractivity contribution in [3.63, 3.8) is 0 Å². The van der Waals surface area contributed by atoms with Crippen molar-refractivity contribution in [1.29, 1.82) is 5.26 Å². The van der Waals surface area contributed by atoms with Gasteiger partial charge in [-0.05, 0) is 42.2 Å². The molecule has 4 rings (SSSR count). The van der Waals surface area contributed by atoms with E-state index in [4.69, 9.17) is 5.26 Å². The molecule has 1 unspecified atom stereocenters. The Morgan fingerprint density at radius 1 is 1.26 bits per heavy atom. The van der Waals surface area contributed by atoms with E-state index in [1.54, 1.807) is 7.05 Å². The molecular weight excluding hydrogens is 501 g/mol. The Morgan fingerprint density at radius 2 is 2.10 bits per heavy atom. The normalized spacial score (nSPS) is 17.9. The Kier molecular flexibility index (Phi) is 7.91. The van der Waals surface area contributed by atoms with Crippen LogP contribution in [0.1, 0.15) is 41.9 Å². The number of amides is 1. The second kappa shape index (κ2) is 10.6. The molecule has 2 aliphatic rings. The Balaban J connectivity index is 0.00000272. The number of aliphatic imine (C=N–C) groups is 1. The van der Waals surface area contributed by atoms with E-state index in [9.17, 15) is 4.79 Å². The van der Waals surface area contributed by atoms with Gasteiger partial charge in [0, 0.05) is 51.3 Å². The van der Waals surface area contributed by atoms with Crippen molar-refractivity contribution in [3.05, 3.63) is 65.2 Å². The van der Waals surface area contributed by atoms with Crippen LogP contribution in [0, 0.1) is 11.3 Å². The van der Waals surface area contributed by atoms with E-state index in [1.807, 2.05) is 29.2 Å². The minimum absolute atomic E-state index is 0. The quantitative estimate of drug-likeness (QED) is 0.363. The number of nitriles is 1. The van der Waals surface area contributed by atoms with Crippen LogP contribution in [-0.2, 0) is 11.3 Å². The summed E-state index contributed by atoms with van der Waals surface area (Å²) in [4.78, 5) is 20.7. The van der Waals surface area contributed by atoms with Gasteiger partial charge in [0.15, 0.2) is 5.96 Å². The number of rotatable bonds is 5. The number of hydrogen-bond acceptors (Lipinski definition) is 3. The highest BCUT2D eigenvalue weighted by atomic mass is 127. The third-order valence-corrected chi connectivity index (χ3v) is 5.96. The molecule has 1 saturated heterocycles. The van der Waals surface area contributed by atoms with Gasteiger partial charge in [-0.15, -0.1) is 24.0 Å². The molecule has 2 aromatic carbocycles. The lowest BCUT2D eigenvalue weighted by Crippen LogP contribution is -2.40. The number of carbonyl (C=O) groups excluding carboxylic acids is 1. The van der Waals surface area contributed by atoms with E-state index in [1.165, 1.54) is 11.3 Å². The number of para-hydroxylation sites is 1. The number of benzene rings is 2. The molecule has 0 bridgehead atoms. The second-order valence-electron chi connectivity index (χ2n) is 7.85. The minimum Gasteiger partial charge on any atom is -0.352 e. The molecule has 1 fully saturated rings. The number of fused-ring (bicyclic) bond motifs is 1. The maximum Gasteiger partial charge on any atom is 0.222 e. The van der Waals surface area contributed by atoms with Crippen LogP contribution in [0.25, 0.3) is 0 Å². The van der Waals surface area contributed by atoms with E-state index in [0.29, 0.717) is 24.4 Å². The molecule has 162 valence electrons. The monoisotopic (exact) mass is 529 g/mol. The van der Waals surface area contributed by atoms with Gasteiger partial charge in [-0.1, -0.05) is 30.3 Å². The number of nitrogens with one attached hydrogen (secondary N) is 1. The fourth-order valence-electron chi connectivity index (χ4n) is 4.42. The molecule has 7 heteroatoms. The SMILES string of the molecule is CN=C(NCc1cccc(C#N)c1)N1CC(CCN2CCCC2=O)c2ccccc21.I. The van der Waals surface area contributed by atoms with Crippen molar-refractivity contribution >= 4 is 41.5 Å². The van der Waals surface area contributed by atoms with Crippen LogP contribution < -0.4 is 10.2 Å². The van der Waals surface area contributed by atoms with Gasteiger partial charge in [0.05, 0.1) is 11.6 Å². The molecule has 31 heavy (non-hydrogen) atoms. The van der Waals surface area contributed by atoms with Crippen LogP contribution in [0.3, 0.4) is 0 Å². The first-order valence-electron chi connectivity index (χ1n) is 10.5. The summed E-state index contributed by atoms with van der Waals surface area (Å²) < 4.78 is 0. The lowest BCUT2D eigenvalue weighted by Gasteiger charge is -2.23. The van der Waals surface area contributed by atoms with Crippen molar-refractivity contribution in [1.82, 2.24) is 10.2 Å².